The lowest BCUT2D eigenvalue weighted by molar-refractivity contribution is 0.486. The molecule has 2 unspecified atom stereocenters. The molecule has 1 aromatic rings. The van der Waals surface area contributed by atoms with Gasteiger partial charge in [-0.1, -0.05) is 28.1 Å². The molecule has 90 valence electrons. The van der Waals surface area contributed by atoms with E-state index in [1.807, 2.05) is 19.9 Å². The molecule has 4 N–H and O–H groups in total. The molecule has 2 atom stereocenters. The molecule has 0 aliphatic rings. The molecule has 0 heterocycles. The van der Waals surface area contributed by atoms with Crippen LogP contribution >= 0.6 is 15.9 Å². The fraction of sp³-hybridized carbons (Fsp3) is 0.538. The average Bonchev–Trinajstić information content (AvgIpc) is 2.15. The number of halogens is 1. The molecule has 0 fully saturated rings. The molecule has 0 radical (unpaired) electrons. The van der Waals surface area contributed by atoms with Gasteiger partial charge in [0.15, 0.2) is 0 Å². The molecular formula is C13H21BrN2. The monoisotopic (exact) mass is 284 g/mol. The van der Waals surface area contributed by atoms with Crippen LogP contribution in [0.4, 0.5) is 0 Å². The Kier molecular flexibility index (Phi) is 5.46. The minimum Gasteiger partial charge on any atom is -0.328 e. The molecule has 3 heteroatoms. The van der Waals surface area contributed by atoms with Gasteiger partial charge in [0.25, 0.3) is 0 Å². The van der Waals surface area contributed by atoms with Crippen LogP contribution in [0.2, 0.25) is 0 Å². The summed E-state index contributed by atoms with van der Waals surface area (Å²) in [5.41, 5.74) is 13.1. The first-order valence-electron chi connectivity index (χ1n) is 5.75. The molecule has 0 aliphatic heterocycles. The van der Waals surface area contributed by atoms with Gasteiger partial charge >= 0.3 is 0 Å². The first-order valence-corrected chi connectivity index (χ1v) is 6.55. The quantitative estimate of drug-likeness (QED) is 0.873. The lowest BCUT2D eigenvalue weighted by Crippen LogP contribution is -2.24. The van der Waals surface area contributed by atoms with Crippen LogP contribution in [-0.2, 0) is 0 Å². The number of nitrogens with two attached hydrogens (primary N) is 2. The summed E-state index contributed by atoms with van der Waals surface area (Å²) >= 11 is 3.50. The summed E-state index contributed by atoms with van der Waals surface area (Å²) in [5.74, 6) is 0.456. The van der Waals surface area contributed by atoms with E-state index in [9.17, 15) is 0 Å². The Morgan fingerprint density at radius 3 is 2.12 bits per heavy atom. The summed E-state index contributed by atoms with van der Waals surface area (Å²) in [6, 6.07) is 8.84. The van der Waals surface area contributed by atoms with Crippen molar-refractivity contribution in [1.29, 1.82) is 0 Å². The number of benzene rings is 1. The van der Waals surface area contributed by atoms with Crippen LogP contribution in [-0.4, -0.2) is 12.1 Å². The summed E-state index contributed by atoms with van der Waals surface area (Å²) < 4.78 is 1.12. The second-order valence-corrected chi connectivity index (χ2v) is 5.59. The molecule has 16 heavy (non-hydrogen) atoms. The van der Waals surface area contributed by atoms with Gasteiger partial charge in [0.1, 0.15) is 0 Å². The highest BCUT2D eigenvalue weighted by molar-refractivity contribution is 9.10. The summed E-state index contributed by atoms with van der Waals surface area (Å²) in [4.78, 5) is 0. The molecule has 0 amide bonds. The van der Waals surface area contributed by atoms with Gasteiger partial charge in [0.2, 0.25) is 0 Å². The van der Waals surface area contributed by atoms with E-state index in [0.717, 1.165) is 17.3 Å². The van der Waals surface area contributed by atoms with Crippen LogP contribution in [0.5, 0.6) is 0 Å². The van der Waals surface area contributed by atoms with Gasteiger partial charge in [-0.05, 0) is 50.3 Å². The van der Waals surface area contributed by atoms with Gasteiger partial charge in [0.05, 0.1) is 0 Å². The fourth-order valence-corrected chi connectivity index (χ4v) is 2.44. The van der Waals surface area contributed by atoms with Gasteiger partial charge in [-0.2, -0.15) is 0 Å². The van der Waals surface area contributed by atoms with Crippen LogP contribution < -0.4 is 11.5 Å². The standard InChI is InChI=1S/C13H21BrN2/c1-9(15)6-12(7-10(2)16)11-4-3-5-13(14)8-11/h3-5,8-10,12H,6-7,15-16H2,1-2H3. The van der Waals surface area contributed by atoms with Crippen LogP contribution in [0.15, 0.2) is 28.7 Å². The molecule has 2 nitrogen and oxygen atoms in total. The van der Waals surface area contributed by atoms with Crippen molar-refractivity contribution in [2.45, 2.75) is 44.7 Å². The third-order valence-electron chi connectivity index (χ3n) is 2.63. The fourth-order valence-electron chi connectivity index (χ4n) is 2.03. The summed E-state index contributed by atoms with van der Waals surface area (Å²) in [7, 11) is 0. The third-order valence-corrected chi connectivity index (χ3v) is 3.13. The largest absolute Gasteiger partial charge is 0.328 e. The lowest BCUT2D eigenvalue weighted by atomic mass is 9.88. The van der Waals surface area contributed by atoms with Crippen molar-refractivity contribution < 1.29 is 0 Å². The topological polar surface area (TPSA) is 52.0 Å². The van der Waals surface area contributed by atoms with Crippen molar-refractivity contribution in [2.75, 3.05) is 0 Å². The summed E-state index contributed by atoms with van der Waals surface area (Å²) in [6.45, 7) is 4.10. The Balaban J connectivity index is 2.82. The van der Waals surface area contributed by atoms with E-state index in [1.54, 1.807) is 0 Å². The maximum absolute atomic E-state index is 5.89. The zero-order valence-electron chi connectivity index (χ0n) is 9.99. The Hall–Kier alpha value is -0.380. The zero-order chi connectivity index (χ0) is 12.1. The highest BCUT2D eigenvalue weighted by Gasteiger charge is 2.15. The molecule has 1 rings (SSSR count). The van der Waals surface area contributed by atoms with E-state index in [4.69, 9.17) is 11.5 Å². The minimum atomic E-state index is 0.211. The highest BCUT2D eigenvalue weighted by Crippen LogP contribution is 2.27. The van der Waals surface area contributed by atoms with E-state index >= 15 is 0 Å². The van der Waals surface area contributed by atoms with Crippen molar-refractivity contribution in [3.63, 3.8) is 0 Å². The maximum Gasteiger partial charge on any atom is 0.0178 e. The zero-order valence-corrected chi connectivity index (χ0v) is 11.6. The average molecular weight is 285 g/mol. The predicted molar refractivity (Wildman–Crippen MR) is 73.4 cm³/mol. The predicted octanol–water partition coefficient (Wildman–Crippen LogP) is 3.01. The van der Waals surface area contributed by atoms with Crippen molar-refractivity contribution >= 4 is 15.9 Å². The molecule has 0 spiro atoms. The first-order chi connectivity index (χ1) is 7.49. The van der Waals surface area contributed by atoms with Crippen molar-refractivity contribution in [2.24, 2.45) is 11.5 Å². The second kappa shape index (κ2) is 6.38. The molecule has 0 aromatic heterocycles. The Morgan fingerprint density at radius 1 is 1.12 bits per heavy atom. The summed E-state index contributed by atoms with van der Waals surface area (Å²) in [6.07, 6.45) is 1.97. The number of hydrogen-bond acceptors (Lipinski definition) is 2. The van der Waals surface area contributed by atoms with Gasteiger partial charge in [0, 0.05) is 16.6 Å². The summed E-state index contributed by atoms with van der Waals surface area (Å²) in [5, 5.41) is 0. The highest BCUT2D eigenvalue weighted by atomic mass is 79.9. The molecule has 0 aliphatic carbocycles. The van der Waals surface area contributed by atoms with E-state index in [2.05, 4.69) is 34.1 Å². The molecule has 1 aromatic carbocycles. The third kappa shape index (κ3) is 4.64. The molecule has 0 saturated heterocycles. The van der Waals surface area contributed by atoms with Gasteiger partial charge in [-0.25, -0.2) is 0 Å². The van der Waals surface area contributed by atoms with Crippen molar-refractivity contribution in [3.8, 4) is 0 Å². The second-order valence-electron chi connectivity index (χ2n) is 4.68. The van der Waals surface area contributed by atoms with E-state index in [-0.39, 0.29) is 12.1 Å². The SMILES string of the molecule is CC(N)CC(CC(C)N)c1cccc(Br)c1. The minimum absolute atomic E-state index is 0.211. The van der Waals surface area contributed by atoms with Crippen LogP contribution in [0.3, 0.4) is 0 Å². The van der Waals surface area contributed by atoms with Gasteiger partial charge < -0.3 is 11.5 Å². The van der Waals surface area contributed by atoms with E-state index < -0.39 is 0 Å². The van der Waals surface area contributed by atoms with Crippen LogP contribution in [0.25, 0.3) is 0 Å². The smallest absolute Gasteiger partial charge is 0.0178 e. The van der Waals surface area contributed by atoms with Gasteiger partial charge in [-0.15, -0.1) is 0 Å². The lowest BCUT2D eigenvalue weighted by Gasteiger charge is -2.21. The van der Waals surface area contributed by atoms with Crippen molar-refractivity contribution in [1.82, 2.24) is 0 Å². The molecule has 0 saturated carbocycles. The van der Waals surface area contributed by atoms with Crippen LogP contribution in [0, 0.1) is 0 Å². The Labute approximate surface area is 107 Å². The number of rotatable bonds is 5. The van der Waals surface area contributed by atoms with Crippen LogP contribution in [0.1, 0.15) is 38.2 Å². The maximum atomic E-state index is 5.89. The first kappa shape index (κ1) is 13.7. The molecule has 0 bridgehead atoms. The molecular weight excluding hydrogens is 264 g/mol. The van der Waals surface area contributed by atoms with E-state index in [0.29, 0.717) is 5.92 Å². The normalized spacial score (nSPS) is 16.8. The van der Waals surface area contributed by atoms with Crippen molar-refractivity contribution in [3.05, 3.63) is 34.3 Å². The number of hydrogen-bond donors (Lipinski definition) is 2. The van der Waals surface area contributed by atoms with E-state index in [1.165, 1.54) is 5.56 Å². The van der Waals surface area contributed by atoms with Gasteiger partial charge in [-0.3, -0.25) is 0 Å². The Morgan fingerprint density at radius 2 is 1.69 bits per heavy atom. The Bertz CT molecular complexity index is 313.